The maximum absolute atomic E-state index is 5.54. The van der Waals surface area contributed by atoms with Crippen LogP contribution in [0.3, 0.4) is 0 Å². The van der Waals surface area contributed by atoms with Gasteiger partial charge in [-0.05, 0) is 6.92 Å². The van der Waals surface area contributed by atoms with Gasteiger partial charge in [-0.1, -0.05) is 12.2 Å². The predicted octanol–water partition coefficient (Wildman–Crippen LogP) is 1.03. The van der Waals surface area contributed by atoms with E-state index in [2.05, 4.69) is 21.4 Å². The van der Waals surface area contributed by atoms with Crippen LogP contribution in [0.1, 0.15) is 13.3 Å². The van der Waals surface area contributed by atoms with Crippen molar-refractivity contribution in [2.24, 2.45) is 5.73 Å². The van der Waals surface area contributed by atoms with Crippen LogP contribution in [-0.2, 0) is 11.3 Å². The monoisotopic (exact) mass is 256 g/mol. The Labute approximate surface area is 108 Å². The van der Waals surface area contributed by atoms with Crippen LogP contribution < -0.4 is 10.6 Å². The number of rotatable bonds is 8. The fourth-order valence-electron chi connectivity index (χ4n) is 1.59. The summed E-state index contributed by atoms with van der Waals surface area (Å²) in [7, 11) is 1.69. The summed E-state index contributed by atoms with van der Waals surface area (Å²) in [6.45, 7) is 5.21. The molecule has 1 aromatic heterocycles. The lowest BCUT2D eigenvalue weighted by molar-refractivity contribution is 0.205. The summed E-state index contributed by atoms with van der Waals surface area (Å²) in [4.78, 5) is 7.04. The normalized spacial score (nSPS) is 10.5. The van der Waals surface area contributed by atoms with E-state index in [4.69, 9.17) is 22.7 Å². The Bertz CT molecular complexity index is 353. The summed E-state index contributed by atoms with van der Waals surface area (Å²) in [5, 5.41) is 0. The lowest BCUT2D eigenvalue weighted by atomic mass is 10.4. The Kier molecular flexibility index (Phi) is 5.93. The second-order valence-corrected chi connectivity index (χ2v) is 4.23. The van der Waals surface area contributed by atoms with Crippen molar-refractivity contribution in [1.82, 2.24) is 9.55 Å². The molecule has 0 amide bonds. The van der Waals surface area contributed by atoms with Crippen molar-refractivity contribution in [1.29, 1.82) is 0 Å². The quantitative estimate of drug-likeness (QED) is 0.704. The molecule has 0 bridgehead atoms. The molecule has 0 atom stereocenters. The highest BCUT2D eigenvalue weighted by Gasteiger charge is 2.11. The molecule has 0 saturated heterocycles. The Morgan fingerprint density at radius 3 is 2.94 bits per heavy atom. The Morgan fingerprint density at radius 1 is 1.59 bits per heavy atom. The van der Waals surface area contributed by atoms with E-state index in [1.54, 1.807) is 13.3 Å². The summed E-state index contributed by atoms with van der Waals surface area (Å²) in [6.07, 6.45) is 4.46. The van der Waals surface area contributed by atoms with E-state index in [1.165, 1.54) is 0 Å². The van der Waals surface area contributed by atoms with E-state index < -0.39 is 0 Å². The number of nitrogens with zero attached hydrogens (tertiary/aromatic N) is 3. The van der Waals surface area contributed by atoms with Crippen molar-refractivity contribution >= 4 is 23.2 Å². The molecule has 96 valence electrons. The molecule has 1 aromatic rings. The molecule has 0 aliphatic carbocycles. The summed E-state index contributed by atoms with van der Waals surface area (Å²) < 4.78 is 7.20. The largest absolute Gasteiger partial charge is 0.393 e. The minimum atomic E-state index is 0.530. The zero-order chi connectivity index (χ0) is 12.7. The number of hydrogen-bond donors (Lipinski definition) is 1. The van der Waals surface area contributed by atoms with Crippen LogP contribution >= 0.6 is 12.2 Å². The van der Waals surface area contributed by atoms with E-state index in [1.807, 2.05) is 6.20 Å². The van der Waals surface area contributed by atoms with Gasteiger partial charge in [-0.2, -0.15) is 0 Å². The summed E-state index contributed by atoms with van der Waals surface area (Å²) in [5.74, 6) is 0.945. The SMILES string of the molecule is CCn1ccnc1N(CCOC)CCC(N)=S. The first-order valence-electron chi connectivity index (χ1n) is 5.72. The third-order valence-corrected chi connectivity index (χ3v) is 2.71. The molecule has 0 spiro atoms. The van der Waals surface area contributed by atoms with E-state index >= 15 is 0 Å². The highest BCUT2D eigenvalue weighted by Crippen LogP contribution is 2.11. The average molecular weight is 256 g/mol. The minimum Gasteiger partial charge on any atom is -0.393 e. The molecule has 0 aromatic carbocycles. The topological polar surface area (TPSA) is 56.3 Å². The molecule has 1 rings (SSSR count). The van der Waals surface area contributed by atoms with Gasteiger partial charge in [0.25, 0.3) is 0 Å². The van der Waals surface area contributed by atoms with E-state index in [0.717, 1.165) is 25.6 Å². The fraction of sp³-hybridized carbons (Fsp3) is 0.636. The van der Waals surface area contributed by atoms with Gasteiger partial charge in [0.05, 0.1) is 11.6 Å². The van der Waals surface area contributed by atoms with Gasteiger partial charge < -0.3 is 19.9 Å². The molecule has 6 heteroatoms. The van der Waals surface area contributed by atoms with Crippen molar-refractivity contribution in [3.05, 3.63) is 12.4 Å². The molecule has 0 saturated carbocycles. The third-order valence-electron chi connectivity index (χ3n) is 2.51. The Hall–Kier alpha value is -1.14. The summed E-state index contributed by atoms with van der Waals surface area (Å²) in [6, 6.07) is 0. The van der Waals surface area contributed by atoms with Gasteiger partial charge in [0.1, 0.15) is 0 Å². The first-order valence-corrected chi connectivity index (χ1v) is 6.13. The fourth-order valence-corrected chi connectivity index (χ4v) is 1.68. The van der Waals surface area contributed by atoms with E-state index in [0.29, 0.717) is 18.0 Å². The molecule has 17 heavy (non-hydrogen) atoms. The average Bonchev–Trinajstić information content (AvgIpc) is 2.77. The molecule has 0 unspecified atom stereocenters. The minimum absolute atomic E-state index is 0.530. The van der Waals surface area contributed by atoms with Gasteiger partial charge >= 0.3 is 0 Å². The number of aryl methyl sites for hydroxylation is 1. The molecular formula is C11H20N4OS. The first kappa shape index (κ1) is 13.9. The highest BCUT2D eigenvalue weighted by atomic mass is 32.1. The number of nitrogens with two attached hydrogens (primary N) is 1. The number of methoxy groups -OCH3 is 1. The number of anilines is 1. The maximum atomic E-state index is 5.54. The van der Waals surface area contributed by atoms with Gasteiger partial charge in [-0.25, -0.2) is 4.98 Å². The molecule has 0 aliphatic rings. The van der Waals surface area contributed by atoms with Crippen LogP contribution in [0.25, 0.3) is 0 Å². The van der Waals surface area contributed by atoms with E-state index in [9.17, 15) is 0 Å². The van der Waals surface area contributed by atoms with Crippen LogP contribution in [0, 0.1) is 0 Å². The molecular weight excluding hydrogens is 236 g/mol. The lowest BCUT2D eigenvalue weighted by Crippen LogP contribution is -2.32. The van der Waals surface area contributed by atoms with Crippen LogP contribution in [0.15, 0.2) is 12.4 Å². The standard InChI is InChI=1S/C11H20N4OS/c1-3-14-7-5-13-11(14)15(8-9-16-2)6-4-10(12)17/h5,7H,3-4,6,8-9H2,1-2H3,(H2,12,17). The molecule has 0 radical (unpaired) electrons. The smallest absolute Gasteiger partial charge is 0.205 e. The summed E-state index contributed by atoms with van der Waals surface area (Å²) in [5.41, 5.74) is 5.54. The van der Waals surface area contributed by atoms with Gasteiger partial charge in [0, 0.05) is 45.6 Å². The van der Waals surface area contributed by atoms with Crippen LogP contribution in [0.4, 0.5) is 5.95 Å². The highest BCUT2D eigenvalue weighted by molar-refractivity contribution is 7.80. The van der Waals surface area contributed by atoms with Crippen molar-refractivity contribution in [2.75, 3.05) is 31.7 Å². The molecule has 5 nitrogen and oxygen atoms in total. The van der Waals surface area contributed by atoms with E-state index in [-0.39, 0.29) is 0 Å². The van der Waals surface area contributed by atoms with Crippen molar-refractivity contribution in [3.63, 3.8) is 0 Å². The number of aromatic nitrogens is 2. The first-order chi connectivity index (χ1) is 8.19. The predicted molar refractivity (Wildman–Crippen MR) is 73.4 cm³/mol. The molecule has 0 aliphatic heterocycles. The second-order valence-electron chi connectivity index (χ2n) is 3.71. The van der Waals surface area contributed by atoms with Crippen molar-refractivity contribution < 1.29 is 4.74 Å². The molecule has 1 heterocycles. The molecule has 0 fully saturated rings. The van der Waals surface area contributed by atoms with Crippen molar-refractivity contribution in [3.8, 4) is 0 Å². The molecule has 2 N–H and O–H groups in total. The number of hydrogen-bond acceptors (Lipinski definition) is 4. The van der Waals surface area contributed by atoms with Crippen LogP contribution in [0.5, 0.6) is 0 Å². The van der Waals surface area contributed by atoms with Gasteiger partial charge in [-0.3, -0.25) is 0 Å². The van der Waals surface area contributed by atoms with Crippen molar-refractivity contribution in [2.45, 2.75) is 19.9 Å². The zero-order valence-corrected chi connectivity index (χ0v) is 11.2. The van der Waals surface area contributed by atoms with Crippen LogP contribution in [-0.4, -0.2) is 41.3 Å². The Balaban J connectivity index is 2.70. The number of ether oxygens (including phenoxy) is 1. The maximum Gasteiger partial charge on any atom is 0.205 e. The van der Waals surface area contributed by atoms with Gasteiger partial charge in [-0.15, -0.1) is 0 Å². The third kappa shape index (κ3) is 4.32. The second kappa shape index (κ2) is 7.24. The Morgan fingerprint density at radius 2 is 2.35 bits per heavy atom. The van der Waals surface area contributed by atoms with Crippen LogP contribution in [0.2, 0.25) is 0 Å². The number of imidazole rings is 1. The van der Waals surface area contributed by atoms with Gasteiger partial charge in [0.15, 0.2) is 0 Å². The summed E-state index contributed by atoms with van der Waals surface area (Å²) >= 11 is 4.91. The number of thiocarbonyl (C=S) groups is 1. The van der Waals surface area contributed by atoms with Gasteiger partial charge in [0.2, 0.25) is 5.95 Å². The zero-order valence-electron chi connectivity index (χ0n) is 10.4. The lowest BCUT2D eigenvalue weighted by Gasteiger charge is -2.23.